The van der Waals surface area contributed by atoms with E-state index in [0.717, 1.165) is 35.3 Å². The number of fused-ring (bicyclic) bond motifs is 1. The fourth-order valence-corrected chi connectivity index (χ4v) is 3.25. The van der Waals surface area contributed by atoms with E-state index in [2.05, 4.69) is 6.08 Å². The molecule has 1 aliphatic carbocycles. The smallest absolute Gasteiger partial charge is 0.151 e. The summed E-state index contributed by atoms with van der Waals surface area (Å²) in [4.78, 5) is 9.56. The van der Waals surface area contributed by atoms with Crippen molar-refractivity contribution in [2.75, 3.05) is 0 Å². The normalized spacial score (nSPS) is 18.1. The lowest BCUT2D eigenvalue weighted by Gasteiger charge is -2.15. The summed E-state index contributed by atoms with van der Waals surface area (Å²) in [5.41, 5.74) is 10.2. The molecule has 5 N–H and O–H groups in total. The molecule has 1 heterocycles. The van der Waals surface area contributed by atoms with Crippen molar-refractivity contribution in [2.24, 2.45) is 5.73 Å². The summed E-state index contributed by atoms with van der Waals surface area (Å²) in [6, 6.07) is 5.30. The average Bonchev–Trinajstić information content (AvgIpc) is 2.64. The first kappa shape index (κ1) is 19.9. The molecule has 0 amide bonds. The molecule has 6 nitrogen and oxygen atoms in total. The Morgan fingerprint density at radius 2 is 1.96 bits per heavy atom. The van der Waals surface area contributed by atoms with Crippen molar-refractivity contribution in [3.05, 3.63) is 53.4 Å². The van der Waals surface area contributed by atoms with Crippen LogP contribution in [0.5, 0.6) is 0 Å². The lowest BCUT2D eigenvalue weighted by Crippen LogP contribution is -2.09. The predicted octanol–water partition coefficient (Wildman–Crippen LogP) is 2.55. The molecule has 0 saturated heterocycles. The maximum Gasteiger partial charge on any atom is 0.151 e. The van der Waals surface area contributed by atoms with Crippen molar-refractivity contribution < 1.29 is 15.3 Å². The van der Waals surface area contributed by atoms with Crippen LogP contribution in [0.2, 0.25) is 0 Å². The van der Waals surface area contributed by atoms with E-state index in [4.69, 9.17) is 37.5 Å². The predicted molar refractivity (Wildman–Crippen MR) is 106 cm³/mol. The van der Waals surface area contributed by atoms with Crippen molar-refractivity contribution in [3.8, 4) is 0 Å². The van der Waals surface area contributed by atoms with Crippen molar-refractivity contribution in [1.29, 1.82) is 0 Å². The third kappa shape index (κ3) is 5.12. The summed E-state index contributed by atoms with van der Waals surface area (Å²) in [6.45, 7) is 0. The second-order valence-corrected chi connectivity index (χ2v) is 7.27. The van der Waals surface area contributed by atoms with Gasteiger partial charge in [-0.2, -0.15) is 0 Å². The number of allylic oxidation sites excluding steroid dienone is 4. The SMILES string of the molecule is NC(O)c1ccc2nc(C3=CCC(Cl)C=C3)c(CCCCC(O)O)nc2c1. The Labute approximate surface area is 163 Å². The zero-order chi connectivity index (χ0) is 19.4. The number of rotatable bonds is 7. The fourth-order valence-electron chi connectivity index (χ4n) is 3.09. The van der Waals surface area contributed by atoms with E-state index < -0.39 is 12.5 Å². The van der Waals surface area contributed by atoms with Gasteiger partial charge in [-0.1, -0.05) is 24.3 Å². The molecule has 0 spiro atoms. The van der Waals surface area contributed by atoms with Crippen LogP contribution < -0.4 is 5.73 Å². The number of aromatic nitrogens is 2. The van der Waals surface area contributed by atoms with Gasteiger partial charge >= 0.3 is 0 Å². The van der Waals surface area contributed by atoms with E-state index in [1.165, 1.54) is 0 Å². The van der Waals surface area contributed by atoms with Gasteiger partial charge in [-0.05, 0) is 55.4 Å². The van der Waals surface area contributed by atoms with Crippen LogP contribution in [0.1, 0.15) is 48.9 Å². The lowest BCUT2D eigenvalue weighted by atomic mass is 9.99. The highest BCUT2D eigenvalue weighted by Gasteiger charge is 2.16. The average molecular weight is 390 g/mol. The molecule has 0 aliphatic heterocycles. The van der Waals surface area contributed by atoms with E-state index in [-0.39, 0.29) is 5.38 Å². The van der Waals surface area contributed by atoms with Crippen molar-refractivity contribution in [3.63, 3.8) is 0 Å². The van der Waals surface area contributed by atoms with E-state index in [9.17, 15) is 5.11 Å². The first-order chi connectivity index (χ1) is 12.9. The van der Waals surface area contributed by atoms with Crippen LogP contribution in [0, 0.1) is 0 Å². The summed E-state index contributed by atoms with van der Waals surface area (Å²) >= 11 is 6.13. The Kier molecular flexibility index (Phi) is 6.57. The van der Waals surface area contributed by atoms with Gasteiger partial charge in [0.2, 0.25) is 0 Å². The Balaban J connectivity index is 1.96. The molecular weight excluding hydrogens is 366 g/mol. The van der Waals surface area contributed by atoms with Gasteiger partial charge in [-0.25, -0.2) is 9.97 Å². The highest BCUT2D eigenvalue weighted by molar-refractivity contribution is 6.22. The zero-order valence-electron chi connectivity index (χ0n) is 14.9. The number of benzene rings is 1. The number of aliphatic hydroxyl groups excluding tert-OH is 2. The van der Waals surface area contributed by atoms with Crippen molar-refractivity contribution in [1.82, 2.24) is 9.97 Å². The fraction of sp³-hybridized carbons (Fsp3) is 0.400. The number of halogens is 1. The summed E-state index contributed by atoms with van der Waals surface area (Å²) in [7, 11) is 0. The molecule has 7 heteroatoms. The Morgan fingerprint density at radius 1 is 1.15 bits per heavy atom. The van der Waals surface area contributed by atoms with Gasteiger partial charge in [0, 0.05) is 0 Å². The molecule has 0 fully saturated rings. The van der Waals surface area contributed by atoms with Crippen LogP contribution in [-0.2, 0) is 6.42 Å². The van der Waals surface area contributed by atoms with E-state index in [0.29, 0.717) is 30.3 Å². The third-order valence-corrected chi connectivity index (χ3v) is 4.87. The third-order valence-electron chi connectivity index (χ3n) is 4.55. The largest absolute Gasteiger partial charge is 0.375 e. The second kappa shape index (κ2) is 8.91. The minimum atomic E-state index is -1.29. The van der Waals surface area contributed by atoms with Crippen LogP contribution in [-0.4, -0.2) is 37.0 Å². The number of aliphatic hydroxyl groups is 3. The highest BCUT2D eigenvalue weighted by atomic mass is 35.5. The van der Waals surface area contributed by atoms with Crippen LogP contribution in [0.4, 0.5) is 0 Å². The maximum atomic E-state index is 9.61. The topological polar surface area (TPSA) is 112 Å². The molecule has 2 aromatic rings. The minimum absolute atomic E-state index is 0.00902. The molecular formula is C20H24ClN3O3. The Bertz CT molecular complexity index is 865. The van der Waals surface area contributed by atoms with Gasteiger partial charge in [0.1, 0.15) is 6.23 Å². The molecule has 1 aliphatic rings. The van der Waals surface area contributed by atoms with E-state index >= 15 is 0 Å². The van der Waals surface area contributed by atoms with Crippen LogP contribution in [0.3, 0.4) is 0 Å². The molecule has 3 rings (SSSR count). The van der Waals surface area contributed by atoms with Gasteiger partial charge in [0.15, 0.2) is 6.29 Å². The van der Waals surface area contributed by atoms with Crippen LogP contribution in [0.15, 0.2) is 36.4 Å². The van der Waals surface area contributed by atoms with E-state index in [1.54, 1.807) is 18.2 Å². The molecule has 1 aromatic carbocycles. The number of aryl methyl sites for hydroxylation is 1. The minimum Gasteiger partial charge on any atom is -0.375 e. The summed E-state index contributed by atoms with van der Waals surface area (Å²) in [5.74, 6) is 0. The quantitative estimate of drug-likeness (QED) is 0.329. The molecule has 0 bridgehead atoms. The summed E-state index contributed by atoms with van der Waals surface area (Å²) < 4.78 is 0. The zero-order valence-corrected chi connectivity index (χ0v) is 15.7. The molecule has 27 heavy (non-hydrogen) atoms. The molecule has 0 saturated carbocycles. The van der Waals surface area contributed by atoms with Crippen molar-refractivity contribution in [2.45, 2.75) is 50.0 Å². The maximum absolute atomic E-state index is 9.61. The van der Waals surface area contributed by atoms with Crippen LogP contribution >= 0.6 is 11.6 Å². The standard InChI is InChI=1S/C20H24ClN3O3/c21-14-8-5-12(6-9-14)19-16(3-1-2-4-18(25)26)23-17-11-13(20(22)27)7-10-15(17)24-19/h5-8,10-11,14,18,20,25-27H,1-4,9,22H2. The molecule has 1 aromatic heterocycles. The van der Waals surface area contributed by atoms with E-state index in [1.807, 2.05) is 12.2 Å². The second-order valence-electron chi connectivity index (χ2n) is 6.71. The molecule has 2 atom stereocenters. The first-order valence-electron chi connectivity index (χ1n) is 9.07. The number of nitrogens with zero attached hydrogens (tertiary/aromatic N) is 2. The Morgan fingerprint density at radius 3 is 2.63 bits per heavy atom. The summed E-state index contributed by atoms with van der Waals surface area (Å²) in [6.07, 6.45) is 6.80. The van der Waals surface area contributed by atoms with Crippen molar-refractivity contribution >= 4 is 28.2 Å². The lowest BCUT2D eigenvalue weighted by molar-refractivity contribution is -0.0465. The van der Waals surface area contributed by atoms with Gasteiger partial charge in [-0.15, -0.1) is 11.6 Å². The van der Waals surface area contributed by atoms with Gasteiger partial charge in [0.25, 0.3) is 0 Å². The summed E-state index contributed by atoms with van der Waals surface area (Å²) in [5, 5.41) is 27.6. The highest BCUT2D eigenvalue weighted by Crippen LogP contribution is 2.27. The number of hydrogen-bond acceptors (Lipinski definition) is 6. The first-order valence-corrected chi connectivity index (χ1v) is 9.51. The Hall–Kier alpha value is -1.83. The van der Waals surface area contributed by atoms with Gasteiger partial charge in [-0.3, -0.25) is 0 Å². The van der Waals surface area contributed by atoms with Gasteiger partial charge in [0.05, 0.1) is 27.8 Å². The van der Waals surface area contributed by atoms with Gasteiger partial charge < -0.3 is 21.1 Å². The molecule has 2 unspecified atom stereocenters. The molecule has 144 valence electrons. The molecule has 0 radical (unpaired) electrons. The number of hydrogen-bond donors (Lipinski definition) is 4. The number of alkyl halides is 1. The number of nitrogens with two attached hydrogens (primary N) is 1. The number of unbranched alkanes of at least 4 members (excludes halogenated alkanes) is 1. The monoisotopic (exact) mass is 389 g/mol. The van der Waals surface area contributed by atoms with Crippen LogP contribution in [0.25, 0.3) is 16.6 Å².